The van der Waals surface area contributed by atoms with Gasteiger partial charge in [-0.15, -0.1) is 0 Å². The summed E-state index contributed by atoms with van der Waals surface area (Å²) < 4.78 is 41.5. The van der Waals surface area contributed by atoms with Crippen molar-refractivity contribution in [2.75, 3.05) is 7.11 Å². The molecule has 0 unspecified atom stereocenters. The molecule has 0 aliphatic carbocycles. The van der Waals surface area contributed by atoms with Gasteiger partial charge in [-0.2, -0.15) is 8.42 Å². The Morgan fingerprint density at radius 2 is 1.76 bits per heavy atom. The third-order valence-corrected chi connectivity index (χ3v) is 5.10. The molecule has 0 radical (unpaired) electrons. The predicted molar refractivity (Wildman–Crippen MR) is 95.7 cm³/mol. The number of ether oxygens (including phenoxy) is 2. The largest absolute Gasteiger partial charge is 0.496 e. The highest BCUT2D eigenvalue weighted by Gasteiger charge is 2.26. The van der Waals surface area contributed by atoms with Crippen LogP contribution < -0.4 is 13.7 Å². The van der Waals surface area contributed by atoms with Crippen LogP contribution in [0.4, 0.5) is 0 Å². The molecule has 1 aliphatic heterocycles. The second-order valence-corrected chi connectivity index (χ2v) is 7.97. The van der Waals surface area contributed by atoms with E-state index in [4.69, 9.17) is 13.7 Å². The van der Waals surface area contributed by atoms with Crippen molar-refractivity contribution in [2.45, 2.75) is 31.3 Å². The highest BCUT2D eigenvalue weighted by molar-refractivity contribution is 7.87. The lowest BCUT2D eigenvalue weighted by Crippen LogP contribution is -2.27. The third-order valence-electron chi connectivity index (χ3n) is 3.84. The fourth-order valence-corrected chi connectivity index (χ4v) is 3.44. The van der Waals surface area contributed by atoms with E-state index in [9.17, 15) is 8.42 Å². The summed E-state index contributed by atoms with van der Waals surface area (Å²) in [4.78, 5) is 0.0935. The van der Waals surface area contributed by atoms with E-state index in [-0.39, 0.29) is 10.6 Å². The molecule has 5 nitrogen and oxygen atoms in total. The molecule has 2 aromatic carbocycles. The van der Waals surface area contributed by atoms with E-state index in [2.05, 4.69) is 0 Å². The van der Waals surface area contributed by atoms with Crippen molar-refractivity contribution in [2.24, 2.45) is 0 Å². The molecule has 0 saturated carbocycles. The molecule has 0 amide bonds. The van der Waals surface area contributed by atoms with Crippen LogP contribution in [0, 0.1) is 6.92 Å². The first kappa shape index (κ1) is 17.4. The molecule has 132 valence electrons. The lowest BCUT2D eigenvalue weighted by molar-refractivity contribution is 0.158. The second kappa shape index (κ2) is 6.11. The van der Waals surface area contributed by atoms with Gasteiger partial charge in [0.2, 0.25) is 0 Å². The average Bonchev–Trinajstić information content (AvgIpc) is 2.52. The van der Waals surface area contributed by atoms with Crippen LogP contribution in [0.25, 0.3) is 6.08 Å². The Kier molecular flexibility index (Phi) is 4.24. The molecular formula is C19H20O5S. The van der Waals surface area contributed by atoms with E-state index >= 15 is 0 Å². The molecule has 0 N–H and O–H groups in total. The van der Waals surface area contributed by atoms with Crippen LogP contribution in [0.1, 0.15) is 25.0 Å². The zero-order chi connectivity index (χ0) is 18.2. The van der Waals surface area contributed by atoms with E-state index in [1.807, 2.05) is 32.9 Å². The average molecular weight is 360 g/mol. The summed E-state index contributed by atoms with van der Waals surface area (Å²) in [5.41, 5.74) is 1.23. The fraction of sp³-hybridized carbons (Fsp3) is 0.263. The molecule has 3 rings (SSSR count). The number of hydrogen-bond donors (Lipinski definition) is 0. The van der Waals surface area contributed by atoms with Crippen LogP contribution in [0.15, 0.2) is 47.4 Å². The van der Waals surface area contributed by atoms with Gasteiger partial charge in [-0.1, -0.05) is 17.7 Å². The van der Waals surface area contributed by atoms with Gasteiger partial charge in [0.25, 0.3) is 0 Å². The predicted octanol–water partition coefficient (Wildman–Crippen LogP) is 3.96. The molecule has 2 aromatic rings. The monoisotopic (exact) mass is 360 g/mol. The number of aryl methyl sites for hydroxylation is 1. The molecule has 25 heavy (non-hydrogen) atoms. The van der Waals surface area contributed by atoms with Gasteiger partial charge in [-0.05, 0) is 45.1 Å². The molecule has 0 aromatic heterocycles. The number of rotatable bonds is 4. The van der Waals surface area contributed by atoms with E-state index in [1.165, 1.54) is 25.3 Å². The molecule has 0 bridgehead atoms. The summed E-state index contributed by atoms with van der Waals surface area (Å²) in [5.74, 6) is 1.14. The van der Waals surface area contributed by atoms with Crippen molar-refractivity contribution >= 4 is 16.2 Å². The minimum atomic E-state index is -3.94. The lowest BCUT2D eigenvalue weighted by atomic mass is 10.0. The Morgan fingerprint density at radius 3 is 2.40 bits per heavy atom. The SMILES string of the molecule is COc1cc(OS(=O)(=O)c2ccc(C)cc2)cc2c1C=CC(C)(C)O2. The zero-order valence-corrected chi connectivity index (χ0v) is 15.4. The van der Waals surface area contributed by atoms with Gasteiger partial charge in [-0.25, -0.2) is 0 Å². The maximum absolute atomic E-state index is 12.5. The Bertz CT molecular complexity index is 925. The molecule has 0 saturated heterocycles. The van der Waals surface area contributed by atoms with Gasteiger partial charge in [-0.3, -0.25) is 0 Å². The normalized spacial score (nSPS) is 15.2. The highest BCUT2D eigenvalue weighted by atomic mass is 32.2. The van der Waals surface area contributed by atoms with Gasteiger partial charge in [0.05, 0.1) is 12.7 Å². The Morgan fingerprint density at radius 1 is 1.08 bits per heavy atom. The van der Waals surface area contributed by atoms with Gasteiger partial charge in [0, 0.05) is 12.1 Å². The number of benzene rings is 2. The number of hydrogen-bond acceptors (Lipinski definition) is 5. The van der Waals surface area contributed by atoms with Crippen LogP contribution in [0.5, 0.6) is 17.2 Å². The van der Waals surface area contributed by atoms with Crippen molar-refractivity contribution in [3.8, 4) is 17.2 Å². The van der Waals surface area contributed by atoms with Crippen LogP contribution in [-0.2, 0) is 10.1 Å². The Balaban J connectivity index is 1.98. The van der Waals surface area contributed by atoms with Gasteiger partial charge < -0.3 is 13.7 Å². The number of methoxy groups -OCH3 is 1. The van der Waals surface area contributed by atoms with Gasteiger partial charge in [0.15, 0.2) is 0 Å². The smallest absolute Gasteiger partial charge is 0.339 e. The van der Waals surface area contributed by atoms with Gasteiger partial charge >= 0.3 is 10.1 Å². The van der Waals surface area contributed by atoms with Crippen molar-refractivity contribution in [1.82, 2.24) is 0 Å². The Hall–Kier alpha value is -2.47. The fourth-order valence-electron chi connectivity index (χ4n) is 2.52. The molecule has 1 heterocycles. The lowest BCUT2D eigenvalue weighted by Gasteiger charge is -2.28. The summed E-state index contributed by atoms with van der Waals surface area (Å²) in [6.45, 7) is 5.71. The van der Waals surface area contributed by atoms with Crippen molar-refractivity contribution in [1.29, 1.82) is 0 Å². The van der Waals surface area contributed by atoms with E-state index in [0.29, 0.717) is 11.5 Å². The topological polar surface area (TPSA) is 61.8 Å². The maximum atomic E-state index is 12.5. The molecule has 0 spiro atoms. The summed E-state index contributed by atoms with van der Waals surface area (Å²) in [6.07, 6.45) is 3.82. The Labute approximate surface area is 148 Å². The molecule has 6 heteroatoms. The van der Waals surface area contributed by atoms with Crippen molar-refractivity contribution in [3.05, 3.63) is 53.6 Å². The maximum Gasteiger partial charge on any atom is 0.339 e. The van der Waals surface area contributed by atoms with E-state index in [1.54, 1.807) is 18.2 Å². The van der Waals surface area contributed by atoms with E-state index < -0.39 is 15.7 Å². The highest BCUT2D eigenvalue weighted by Crippen LogP contribution is 2.40. The van der Waals surface area contributed by atoms with Crippen molar-refractivity contribution in [3.63, 3.8) is 0 Å². The second-order valence-electron chi connectivity index (χ2n) is 6.43. The minimum Gasteiger partial charge on any atom is -0.496 e. The third kappa shape index (κ3) is 3.64. The summed E-state index contributed by atoms with van der Waals surface area (Å²) in [5, 5.41) is 0. The van der Waals surface area contributed by atoms with Crippen LogP contribution in [-0.4, -0.2) is 21.1 Å². The molecular weight excluding hydrogens is 340 g/mol. The summed E-state index contributed by atoms with van der Waals surface area (Å²) in [7, 11) is -2.42. The summed E-state index contributed by atoms with van der Waals surface area (Å²) in [6, 6.07) is 9.58. The standard InChI is InChI=1S/C19H20O5S/c1-13-5-7-15(8-6-13)25(20,21)24-14-11-17(22-4)16-9-10-19(2,3)23-18(16)12-14/h5-12H,1-4H3. The minimum absolute atomic E-state index is 0.0935. The molecule has 0 fully saturated rings. The number of fused-ring (bicyclic) bond motifs is 1. The van der Waals surface area contributed by atoms with E-state index in [0.717, 1.165) is 11.1 Å². The zero-order valence-electron chi connectivity index (χ0n) is 14.6. The van der Waals surface area contributed by atoms with Crippen LogP contribution in [0.2, 0.25) is 0 Å². The molecule has 0 atom stereocenters. The van der Waals surface area contributed by atoms with Crippen molar-refractivity contribution < 1.29 is 22.1 Å². The first-order chi connectivity index (χ1) is 11.7. The molecule has 1 aliphatic rings. The summed E-state index contributed by atoms with van der Waals surface area (Å²) >= 11 is 0. The van der Waals surface area contributed by atoms with Gasteiger partial charge in [0.1, 0.15) is 27.7 Å². The first-order valence-corrected chi connectivity index (χ1v) is 9.22. The first-order valence-electron chi connectivity index (χ1n) is 7.82. The quantitative estimate of drug-likeness (QED) is 0.773. The van der Waals surface area contributed by atoms with Crippen LogP contribution >= 0.6 is 0 Å². The van der Waals surface area contributed by atoms with Crippen LogP contribution in [0.3, 0.4) is 0 Å².